The highest BCUT2D eigenvalue weighted by atomic mass is 32.2. The molecule has 0 aromatic heterocycles. The maximum Gasteiger partial charge on any atom is 0.303 e. The lowest BCUT2D eigenvalue weighted by Crippen LogP contribution is -2.40. The average molecular weight is 329 g/mol. The van der Waals surface area contributed by atoms with Crippen molar-refractivity contribution in [2.24, 2.45) is 5.41 Å². The Morgan fingerprint density at radius 1 is 1.18 bits per heavy atom. The molecule has 22 heavy (non-hydrogen) atoms. The number of hydrogen-bond acceptors (Lipinski definition) is 3. The van der Waals surface area contributed by atoms with Crippen LogP contribution in [0.5, 0.6) is 0 Å². The van der Waals surface area contributed by atoms with Crippen molar-refractivity contribution in [1.82, 2.24) is 4.72 Å². The molecule has 0 heterocycles. The Bertz CT molecular complexity index is 621. The van der Waals surface area contributed by atoms with E-state index in [9.17, 15) is 17.6 Å². The summed E-state index contributed by atoms with van der Waals surface area (Å²) in [4.78, 5) is 11.1. The normalized spacial score (nSPS) is 18.0. The lowest BCUT2D eigenvalue weighted by molar-refractivity contribution is -0.140. The van der Waals surface area contributed by atoms with Crippen LogP contribution in [0, 0.1) is 11.2 Å². The van der Waals surface area contributed by atoms with Gasteiger partial charge in [-0.05, 0) is 42.5 Å². The zero-order valence-electron chi connectivity index (χ0n) is 12.2. The van der Waals surface area contributed by atoms with Crippen LogP contribution in [0.15, 0.2) is 29.2 Å². The number of halogens is 1. The van der Waals surface area contributed by atoms with Crippen LogP contribution < -0.4 is 4.72 Å². The van der Waals surface area contributed by atoms with Gasteiger partial charge in [-0.1, -0.05) is 19.3 Å². The van der Waals surface area contributed by atoms with Gasteiger partial charge in [-0.15, -0.1) is 0 Å². The lowest BCUT2D eigenvalue weighted by atomic mass is 9.72. The fourth-order valence-corrected chi connectivity index (χ4v) is 4.14. The molecule has 0 bridgehead atoms. The number of sulfonamides is 1. The van der Waals surface area contributed by atoms with Crippen molar-refractivity contribution >= 4 is 16.0 Å². The Morgan fingerprint density at radius 2 is 1.77 bits per heavy atom. The fourth-order valence-electron chi connectivity index (χ4n) is 2.98. The van der Waals surface area contributed by atoms with Gasteiger partial charge < -0.3 is 5.11 Å². The quantitative estimate of drug-likeness (QED) is 0.840. The maximum absolute atomic E-state index is 12.9. The number of hydrogen-bond donors (Lipinski definition) is 2. The van der Waals surface area contributed by atoms with E-state index in [1.807, 2.05) is 0 Å². The van der Waals surface area contributed by atoms with Gasteiger partial charge in [-0.25, -0.2) is 17.5 Å². The van der Waals surface area contributed by atoms with Gasteiger partial charge in [0.05, 0.1) is 11.3 Å². The van der Waals surface area contributed by atoms with Crippen LogP contribution in [0.4, 0.5) is 4.39 Å². The summed E-state index contributed by atoms with van der Waals surface area (Å²) in [6.45, 7) is 0.0962. The summed E-state index contributed by atoms with van der Waals surface area (Å²) in [5, 5.41) is 9.09. The second-order valence-electron chi connectivity index (χ2n) is 5.91. The Balaban J connectivity index is 2.10. The topological polar surface area (TPSA) is 83.5 Å². The van der Waals surface area contributed by atoms with E-state index in [1.165, 1.54) is 12.1 Å². The van der Waals surface area contributed by atoms with Crippen molar-refractivity contribution in [1.29, 1.82) is 0 Å². The van der Waals surface area contributed by atoms with Crippen LogP contribution in [-0.4, -0.2) is 26.0 Å². The molecule has 1 aromatic carbocycles. The molecule has 0 saturated heterocycles. The first-order valence-corrected chi connectivity index (χ1v) is 8.78. The second-order valence-corrected chi connectivity index (χ2v) is 7.68. The Labute approximate surface area is 129 Å². The summed E-state index contributed by atoms with van der Waals surface area (Å²) >= 11 is 0. The zero-order chi connectivity index (χ0) is 16.2. The summed E-state index contributed by atoms with van der Waals surface area (Å²) in [6, 6.07) is 4.56. The van der Waals surface area contributed by atoms with Gasteiger partial charge in [0.15, 0.2) is 0 Å². The van der Waals surface area contributed by atoms with Crippen LogP contribution in [0.1, 0.15) is 38.5 Å². The molecule has 2 rings (SSSR count). The first-order chi connectivity index (χ1) is 10.3. The van der Waals surface area contributed by atoms with E-state index in [0.717, 1.165) is 31.4 Å². The van der Waals surface area contributed by atoms with Crippen molar-refractivity contribution in [2.45, 2.75) is 43.4 Å². The molecule has 0 aliphatic heterocycles. The summed E-state index contributed by atoms with van der Waals surface area (Å²) in [6.07, 6.45) is 4.22. The van der Waals surface area contributed by atoms with E-state index in [-0.39, 0.29) is 17.9 Å². The highest BCUT2D eigenvalue weighted by Gasteiger charge is 2.35. The SMILES string of the molecule is O=C(O)CC1(CNS(=O)(=O)c2ccc(F)cc2)CCCCC1. The molecule has 5 nitrogen and oxygen atoms in total. The smallest absolute Gasteiger partial charge is 0.303 e. The highest BCUT2D eigenvalue weighted by Crippen LogP contribution is 2.39. The third-order valence-corrected chi connectivity index (χ3v) is 5.62. The number of nitrogens with one attached hydrogen (secondary N) is 1. The van der Waals surface area contributed by atoms with Gasteiger partial charge in [-0.2, -0.15) is 0 Å². The minimum atomic E-state index is -3.76. The molecular weight excluding hydrogens is 309 g/mol. The first-order valence-electron chi connectivity index (χ1n) is 7.30. The molecule has 2 N–H and O–H groups in total. The molecule has 1 fully saturated rings. The standard InChI is InChI=1S/C15H20FNO4S/c16-12-4-6-13(7-5-12)22(20,21)17-11-15(10-14(18)19)8-2-1-3-9-15/h4-7,17H,1-3,8-11H2,(H,18,19). The van der Waals surface area contributed by atoms with Gasteiger partial charge >= 0.3 is 5.97 Å². The van der Waals surface area contributed by atoms with Gasteiger partial charge in [0.1, 0.15) is 5.82 Å². The molecule has 1 aliphatic carbocycles. The minimum Gasteiger partial charge on any atom is -0.481 e. The van der Waals surface area contributed by atoms with E-state index in [1.54, 1.807) is 0 Å². The average Bonchev–Trinajstić information content (AvgIpc) is 2.46. The van der Waals surface area contributed by atoms with Gasteiger partial charge in [-0.3, -0.25) is 4.79 Å². The molecule has 1 aromatic rings. The molecule has 1 saturated carbocycles. The zero-order valence-corrected chi connectivity index (χ0v) is 13.0. The largest absolute Gasteiger partial charge is 0.481 e. The van der Waals surface area contributed by atoms with Crippen molar-refractivity contribution in [3.8, 4) is 0 Å². The third kappa shape index (κ3) is 4.27. The number of aliphatic carboxylic acids is 1. The fraction of sp³-hybridized carbons (Fsp3) is 0.533. The summed E-state index contributed by atoms with van der Waals surface area (Å²) in [5.41, 5.74) is -0.531. The first kappa shape index (κ1) is 16.9. The Morgan fingerprint density at radius 3 is 2.32 bits per heavy atom. The van der Waals surface area contributed by atoms with Crippen LogP contribution in [0.25, 0.3) is 0 Å². The van der Waals surface area contributed by atoms with E-state index in [0.29, 0.717) is 12.8 Å². The molecule has 0 radical (unpaired) electrons. The molecule has 0 unspecified atom stereocenters. The predicted molar refractivity (Wildman–Crippen MR) is 79.4 cm³/mol. The molecule has 0 spiro atoms. The monoisotopic (exact) mass is 329 g/mol. The second kappa shape index (κ2) is 6.75. The van der Waals surface area contributed by atoms with Gasteiger partial charge in [0.25, 0.3) is 0 Å². The molecule has 0 atom stereocenters. The number of carboxylic acids is 1. The third-order valence-electron chi connectivity index (χ3n) is 4.20. The minimum absolute atomic E-state index is 0.0183. The van der Waals surface area contributed by atoms with E-state index < -0.39 is 27.2 Å². The van der Waals surface area contributed by atoms with Crippen molar-refractivity contribution in [3.63, 3.8) is 0 Å². The summed E-state index contributed by atoms with van der Waals surface area (Å²) < 4.78 is 39.8. The highest BCUT2D eigenvalue weighted by molar-refractivity contribution is 7.89. The molecule has 7 heteroatoms. The Kier molecular flexibility index (Phi) is 5.18. The molecular formula is C15H20FNO4S. The van der Waals surface area contributed by atoms with Crippen LogP contribution in [-0.2, 0) is 14.8 Å². The van der Waals surface area contributed by atoms with Crippen molar-refractivity contribution < 1.29 is 22.7 Å². The van der Waals surface area contributed by atoms with Crippen LogP contribution in [0.3, 0.4) is 0 Å². The van der Waals surface area contributed by atoms with Crippen LogP contribution in [0.2, 0.25) is 0 Å². The number of rotatable bonds is 6. The van der Waals surface area contributed by atoms with Gasteiger partial charge in [0.2, 0.25) is 10.0 Å². The van der Waals surface area contributed by atoms with E-state index in [4.69, 9.17) is 5.11 Å². The number of benzene rings is 1. The molecule has 0 amide bonds. The predicted octanol–water partition coefficient (Wildman–Crippen LogP) is 2.53. The van der Waals surface area contributed by atoms with Crippen molar-refractivity contribution in [3.05, 3.63) is 30.1 Å². The number of carbonyl (C=O) groups is 1. The molecule has 1 aliphatic rings. The van der Waals surface area contributed by atoms with E-state index in [2.05, 4.69) is 4.72 Å². The summed E-state index contributed by atoms with van der Waals surface area (Å²) in [7, 11) is -3.76. The van der Waals surface area contributed by atoms with E-state index >= 15 is 0 Å². The molecule has 122 valence electrons. The maximum atomic E-state index is 12.9. The lowest BCUT2D eigenvalue weighted by Gasteiger charge is -2.36. The summed E-state index contributed by atoms with van der Waals surface area (Å²) in [5.74, 6) is -1.42. The number of carboxylic acid groups (broad SMARTS) is 1. The van der Waals surface area contributed by atoms with Crippen LogP contribution >= 0.6 is 0 Å². The van der Waals surface area contributed by atoms with Crippen molar-refractivity contribution in [2.75, 3.05) is 6.54 Å². The Hall–Kier alpha value is -1.47. The van der Waals surface area contributed by atoms with Gasteiger partial charge in [0, 0.05) is 6.54 Å².